The van der Waals surface area contributed by atoms with Gasteiger partial charge in [0.1, 0.15) is 5.60 Å². The number of halogens is 1. The van der Waals surface area contributed by atoms with E-state index < -0.39 is 11.7 Å². The van der Waals surface area contributed by atoms with Crippen LogP contribution in [0.3, 0.4) is 0 Å². The van der Waals surface area contributed by atoms with E-state index in [0.717, 1.165) is 6.42 Å². The van der Waals surface area contributed by atoms with Gasteiger partial charge in [-0.2, -0.15) is 0 Å². The van der Waals surface area contributed by atoms with E-state index in [1.807, 2.05) is 20.8 Å². The Kier molecular flexibility index (Phi) is 6.19. The molecule has 0 radical (unpaired) electrons. The molecule has 2 saturated heterocycles. The molecule has 3 rings (SSSR count). The average Bonchev–Trinajstić information content (AvgIpc) is 3.28. The summed E-state index contributed by atoms with van der Waals surface area (Å²) in [6.45, 7) is 6.99. The number of hydrogen-bond acceptors (Lipinski definition) is 5. The minimum atomic E-state index is -0.611. The van der Waals surface area contributed by atoms with Crippen LogP contribution in [0.15, 0.2) is 12.1 Å². The molecule has 2 fully saturated rings. The van der Waals surface area contributed by atoms with E-state index in [4.69, 9.17) is 16.3 Å². The van der Waals surface area contributed by atoms with Gasteiger partial charge in [-0.1, -0.05) is 11.6 Å². The van der Waals surface area contributed by atoms with E-state index in [2.05, 4.69) is 5.32 Å². The highest BCUT2D eigenvalue weighted by molar-refractivity contribution is 7.18. The molecule has 3 heterocycles. The minimum Gasteiger partial charge on any atom is -0.444 e. The van der Waals surface area contributed by atoms with Crippen LogP contribution < -0.4 is 5.32 Å². The van der Waals surface area contributed by atoms with E-state index >= 15 is 0 Å². The second-order valence-electron chi connectivity index (χ2n) is 8.24. The molecule has 9 heteroatoms. The van der Waals surface area contributed by atoms with Gasteiger partial charge in [0, 0.05) is 32.1 Å². The highest BCUT2D eigenvalue weighted by atomic mass is 35.5. The summed E-state index contributed by atoms with van der Waals surface area (Å²) in [5.41, 5.74) is -0.611. The predicted molar refractivity (Wildman–Crippen MR) is 108 cm³/mol. The third-order valence-electron chi connectivity index (χ3n) is 4.78. The lowest BCUT2D eigenvalue weighted by Gasteiger charge is -2.30. The molecule has 1 aromatic heterocycles. The number of carbonyl (C=O) groups is 3. The van der Waals surface area contributed by atoms with Gasteiger partial charge in [0.15, 0.2) is 0 Å². The Bertz CT molecular complexity index is 761. The van der Waals surface area contributed by atoms with Crippen molar-refractivity contribution >= 4 is 40.8 Å². The Hall–Kier alpha value is -1.80. The fourth-order valence-corrected chi connectivity index (χ4v) is 4.53. The number of rotatable bonds is 4. The van der Waals surface area contributed by atoms with Gasteiger partial charge in [0.2, 0.25) is 5.91 Å². The quantitative estimate of drug-likeness (QED) is 0.800. The van der Waals surface area contributed by atoms with Crippen LogP contribution in [0.25, 0.3) is 0 Å². The average molecular weight is 428 g/mol. The standard InChI is InChI=1S/C19H26ClN3O4S/c1-19(2,3)27-18(26)23-10-12(21-17(25)14-6-7-15(20)28-14)9-13(23)11-22-8-4-5-16(22)24/h6-7,12-13H,4-5,8-11H2,1-3H3,(H,21,25)/t12-,13+/m1/s1. The Morgan fingerprint density at radius 2 is 2.11 bits per heavy atom. The van der Waals surface area contributed by atoms with Gasteiger partial charge in [0.05, 0.1) is 15.3 Å². The van der Waals surface area contributed by atoms with E-state index in [-0.39, 0.29) is 23.9 Å². The number of likely N-dealkylation sites (tertiary alicyclic amines) is 2. The first-order valence-corrected chi connectivity index (χ1v) is 10.7. The summed E-state index contributed by atoms with van der Waals surface area (Å²) in [6, 6.07) is 2.98. The Balaban J connectivity index is 1.69. The van der Waals surface area contributed by atoms with Gasteiger partial charge >= 0.3 is 6.09 Å². The molecule has 0 aromatic carbocycles. The highest BCUT2D eigenvalue weighted by Crippen LogP contribution is 2.25. The molecule has 2 aliphatic rings. The molecule has 0 bridgehead atoms. The maximum Gasteiger partial charge on any atom is 0.410 e. The number of ether oxygens (including phenoxy) is 1. The van der Waals surface area contributed by atoms with Crippen LogP contribution in [-0.2, 0) is 9.53 Å². The van der Waals surface area contributed by atoms with Crippen LogP contribution in [-0.4, -0.2) is 65.0 Å². The molecule has 0 aliphatic carbocycles. The zero-order valence-electron chi connectivity index (χ0n) is 16.4. The van der Waals surface area contributed by atoms with Crippen molar-refractivity contribution in [2.45, 2.75) is 57.7 Å². The molecule has 0 spiro atoms. The first kappa shape index (κ1) is 20.9. The van der Waals surface area contributed by atoms with Gasteiger partial charge in [-0.25, -0.2) is 4.79 Å². The van der Waals surface area contributed by atoms with Crippen LogP contribution in [0.1, 0.15) is 49.7 Å². The summed E-state index contributed by atoms with van der Waals surface area (Å²) in [6.07, 6.45) is 1.56. The van der Waals surface area contributed by atoms with Gasteiger partial charge in [-0.05, 0) is 45.7 Å². The van der Waals surface area contributed by atoms with Crippen molar-refractivity contribution in [3.8, 4) is 0 Å². The minimum absolute atomic E-state index is 0.116. The predicted octanol–water partition coefficient (Wildman–Crippen LogP) is 3.13. The van der Waals surface area contributed by atoms with E-state index in [9.17, 15) is 14.4 Å². The van der Waals surface area contributed by atoms with Crippen molar-refractivity contribution in [1.29, 1.82) is 0 Å². The molecule has 1 N–H and O–H groups in total. The number of nitrogens with zero attached hydrogens (tertiary/aromatic N) is 2. The van der Waals surface area contributed by atoms with Gasteiger partial charge in [0.25, 0.3) is 5.91 Å². The van der Waals surface area contributed by atoms with Gasteiger partial charge < -0.3 is 19.9 Å². The van der Waals surface area contributed by atoms with E-state index in [1.54, 1.807) is 21.9 Å². The summed E-state index contributed by atoms with van der Waals surface area (Å²) >= 11 is 7.13. The largest absolute Gasteiger partial charge is 0.444 e. The Morgan fingerprint density at radius 3 is 2.68 bits per heavy atom. The van der Waals surface area contributed by atoms with Crippen molar-refractivity contribution < 1.29 is 19.1 Å². The number of amides is 3. The molecule has 2 aliphatic heterocycles. The zero-order chi connectivity index (χ0) is 20.5. The lowest BCUT2D eigenvalue weighted by Crippen LogP contribution is -2.45. The number of nitrogens with one attached hydrogen (secondary N) is 1. The molecule has 154 valence electrons. The van der Waals surface area contributed by atoms with Gasteiger partial charge in [-0.3, -0.25) is 9.59 Å². The second kappa shape index (κ2) is 8.29. The molecule has 1 aromatic rings. The van der Waals surface area contributed by atoms with Gasteiger partial charge in [-0.15, -0.1) is 11.3 Å². The Labute approximate surface area is 174 Å². The van der Waals surface area contributed by atoms with Crippen molar-refractivity contribution in [2.75, 3.05) is 19.6 Å². The van der Waals surface area contributed by atoms with Crippen LogP contribution in [0.2, 0.25) is 4.34 Å². The highest BCUT2D eigenvalue weighted by Gasteiger charge is 2.40. The number of thiophene rings is 1. The van der Waals surface area contributed by atoms with E-state index in [0.29, 0.717) is 41.7 Å². The van der Waals surface area contributed by atoms with Crippen LogP contribution >= 0.6 is 22.9 Å². The lowest BCUT2D eigenvalue weighted by atomic mass is 10.1. The molecule has 7 nitrogen and oxygen atoms in total. The summed E-state index contributed by atoms with van der Waals surface area (Å²) in [5, 5.41) is 2.98. The summed E-state index contributed by atoms with van der Waals surface area (Å²) in [4.78, 5) is 41.2. The SMILES string of the molecule is CC(C)(C)OC(=O)N1C[C@H](NC(=O)c2ccc(Cl)s2)C[C@H]1CN1CCCC1=O. The summed E-state index contributed by atoms with van der Waals surface area (Å²) in [7, 11) is 0. The van der Waals surface area contributed by atoms with Crippen molar-refractivity contribution in [3.05, 3.63) is 21.3 Å². The first-order chi connectivity index (χ1) is 13.1. The topological polar surface area (TPSA) is 79.0 Å². The van der Waals surface area contributed by atoms with Crippen LogP contribution in [0, 0.1) is 0 Å². The molecule has 0 saturated carbocycles. The molecule has 2 atom stereocenters. The maximum atomic E-state index is 12.7. The lowest BCUT2D eigenvalue weighted by molar-refractivity contribution is -0.128. The fraction of sp³-hybridized carbons (Fsp3) is 0.632. The molecule has 0 unspecified atom stereocenters. The second-order valence-corrected chi connectivity index (χ2v) is 9.95. The third-order valence-corrected chi connectivity index (χ3v) is 6.01. The van der Waals surface area contributed by atoms with E-state index in [1.165, 1.54) is 11.3 Å². The smallest absolute Gasteiger partial charge is 0.410 e. The van der Waals surface area contributed by atoms with Crippen molar-refractivity contribution in [2.24, 2.45) is 0 Å². The molecular formula is C19H26ClN3O4S. The normalized spacial score (nSPS) is 22.6. The zero-order valence-corrected chi connectivity index (χ0v) is 17.9. The van der Waals surface area contributed by atoms with Crippen molar-refractivity contribution in [1.82, 2.24) is 15.1 Å². The van der Waals surface area contributed by atoms with Crippen molar-refractivity contribution in [3.63, 3.8) is 0 Å². The molecule has 28 heavy (non-hydrogen) atoms. The summed E-state index contributed by atoms with van der Waals surface area (Å²) in [5.74, 6) is -0.0891. The van der Waals surface area contributed by atoms with Crippen LogP contribution in [0.4, 0.5) is 4.79 Å². The summed E-state index contributed by atoms with van der Waals surface area (Å²) < 4.78 is 6.09. The van der Waals surface area contributed by atoms with Crippen LogP contribution in [0.5, 0.6) is 0 Å². The monoisotopic (exact) mass is 427 g/mol. The number of hydrogen-bond donors (Lipinski definition) is 1. The third kappa shape index (κ3) is 5.17. The number of carbonyl (C=O) groups excluding carboxylic acids is 3. The molecule has 3 amide bonds. The maximum absolute atomic E-state index is 12.7. The molecular weight excluding hydrogens is 402 g/mol. The Morgan fingerprint density at radius 1 is 1.36 bits per heavy atom. The fourth-order valence-electron chi connectivity index (χ4n) is 3.58. The first-order valence-electron chi connectivity index (χ1n) is 9.46.